The zero-order valence-corrected chi connectivity index (χ0v) is 13.2. The molecule has 7 heteroatoms. The zero-order chi connectivity index (χ0) is 14.5. The lowest BCUT2D eigenvalue weighted by Gasteiger charge is -2.18. The molecule has 112 valence electrons. The van der Waals surface area contributed by atoms with Crippen molar-refractivity contribution in [2.75, 3.05) is 13.2 Å². The summed E-state index contributed by atoms with van der Waals surface area (Å²) in [5.41, 5.74) is 0. The maximum atomic E-state index is 12.0. The summed E-state index contributed by atoms with van der Waals surface area (Å²) in [7, 11) is 0. The van der Waals surface area contributed by atoms with Crippen LogP contribution in [0.3, 0.4) is 0 Å². The van der Waals surface area contributed by atoms with E-state index in [0.717, 1.165) is 19.4 Å². The summed E-state index contributed by atoms with van der Waals surface area (Å²) in [4.78, 5) is 12.0. The van der Waals surface area contributed by atoms with Crippen molar-refractivity contribution >= 4 is 21.8 Å². The molecular weight excluding hydrogens is 328 g/mol. The van der Waals surface area contributed by atoms with Gasteiger partial charge >= 0.3 is 0 Å². The molecule has 1 amide bonds. The van der Waals surface area contributed by atoms with Gasteiger partial charge in [0.15, 0.2) is 5.76 Å². The third-order valence-electron chi connectivity index (χ3n) is 3.21. The van der Waals surface area contributed by atoms with Gasteiger partial charge in [-0.3, -0.25) is 4.79 Å². The summed E-state index contributed by atoms with van der Waals surface area (Å²) in [6, 6.07) is 1.47. The molecule has 1 aromatic heterocycles. The second-order valence-electron chi connectivity index (χ2n) is 4.89. The second kappa shape index (κ2) is 7.19. The normalized spacial score (nSPS) is 21.6. The van der Waals surface area contributed by atoms with Crippen molar-refractivity contribution in [3.05, 3.63) is 16.4 Å². The van der Waals surface area contributed by atoms with Gasteiger partial charge < -0.3 is 19.3 Å². The molecule has 0 aliphatic carbocycles. The topological polar surface area (TPSA) is 73.6 Å². The molecule has 0 spiro atoms. The van der Waals surface area contributed by atoms with E-state index in [1.807, 2.05) is 6.92 Å². The standard InChI is InChI=1S/C13H19BrN2O4/c1-8(11-6-12(14)16-20-11)15-13(17)9(2)19-7-10-4-3-5-18-10/h6,8-10H,3-5,7H2,1-2H3,(H,15,17)/t8-,9?,10?/m1/s1. The minimum absolute atomic E-state index is 0.118. The molecule has 1 fully saturated rings. The number of halogens is 1. The lowest BCUT2D eigenvalue weighted by atomic mass is 10.2. The summed E-state index contributed by atoms with van der Waals surface area (Å²) >= 11 is 3.20. The van der Waals surface area contributed by atoms with Crippen molar-refractivity contribution in [1.29, 1.82) is 0 Å². The number of carbonyl (C=O) groups is 1. The number of nitrogens with one attached hydrogen (secondary N) is 1. The van der Waals surface area contributed by atoms with Gasteiger partial charge in [-0.1, -0.05) is 5.16 Å². The monoisotopic (exact) mass is 346 g/mol. The second-order valence-corrected chi connectivity index (χ2v) is 5.71. The van der Waals surface area contributed by atoms with Crippen LogP contribution < -0.4 is 5.32 Å². The Morgan fingerprint density at radius 3 is 3.05 bits per heavy atom. The van der Waals surface area contributed by atoms with Gasteiger partial charge in [0.2, 0.25) is 5.91 Å². The van der Waals surface area contributed by atoms with Gasteiger partial charge in [-0.25, -0.2) is 0 Å². The molecule has 1 aliphatic rings. The van der Waals surface area contributed by atoms with Crippen LogP contribution in [0.2, 0.25) is 0 Å². The number of nitrogens with zero attached hydrogens (tertiary/aromatic N) is 1. The molecule has 1 N–H and O–H groups in total. The molecule has 0 aromatic carbocycles. The molecule has 3 atom stereocenters. The Morgan fingerprint density at radius 1 is 1.65 bits per heavy atom. The van der Waals surface area contributed by atoms with E-state index in [4.69, 9.17) is 14.0 Å². The van der Waals surface area contributed by atoms with E-state index >= 15 is 0 Å². The molecule has 2 unspecified atom stereocenters. The van der Waals surface area contributed by atoms with Crippen molar-refractivity contribution in [1.82, 2.24) is 10.5 Å². The van der Waals surface area contributed by atoms with Crippen molar-refractivity contribution in [3.8, 4) is 0 Å². The van der Waals surface area contributed by atoms with E-state index in [0.29, 0.717) is 17.0 Å². The van der Waals surface area contributed by atoms with E-state index in [1.165, 1.54) is 0 Å². The maximum Gasteiger partial charge on any atom is 0.249 e. The van der Waals surface area contributed by atoms with E-state index < -0.39 is 6.10 Å². The Kier molecular flexibility index (Phi) is 5.56. The average molecular weight is 347 g/mol. The SMILES string of the molecule is CC(OCC1CCCO1)C(=O)N[C@H](C)c1cc(Br)no1. The lowest BCUT2D eigenvalue weighted by Crippen LogP contribution is -2.37. The summed E-state index contributed by atoms with van der Waals surface area (Å²) in [5, 5.41) is 6.55. The highest BCUT2D eigenvalue weighted by molar-refractivity contribution is 9.10. The molecule has 1 aromatic rings. The van der Waals surface area contributed by atoms with Gasteiger partial charge in [0.25, 0.3) is 0 Å². The third-order valence-corrected chi connectivity index (χ3v) is 3.58. The van der Waals surface area contributed by atoms with E-state index in [-0.39, 0.29) is 18.1 Å². The predicted octanol–water partition coefficient (Wildman–Crippen LogP) is 2.20. The van der Waals surface area contributed by atoms with Gasteiger partial charge in [0.1, 0.15) is 10.7 Å². The molecule has 20 heavy (non-hydrogen) atoms. The number of hydrogen-bond acceptors (Lipinski definition) is 5. The van der Waals surface area contributed by atoms with E-state index in [2.05, 4.69) is 26.4 Å². The van der Waals surface area contributed by atoms with Crippen LogP contribution in [-0.4, -0.2) is 36.5 Å². The van der Waals surface area contributed by atoms with Gasteiger partial charge in [-0.05, 0) is 42.6 Å². The molecule has 6 nitrogen and oxygen atoms in total. The fourth-order valence-corrected chi connectivity index (χ4v) is 2.27. The van der Waals surface area contributed by atoms with Crippen LogP contribution in [0.1, 0.15) is 38.5 Å². The average Bonchev–Trinajstić information content (AvgIpc) is 3.06. The van der Waals surface area contributed by atoms with Crippen LogP contribution in [0.15, 0.2) is 15.2 Å². The highest BCUT2D eigenvalue weighted by Crippen LogP contribution is 2.17. The molecule has 2 rings (SSSR count). The maximum absolute atomic E-state index is 12.0. The number of hydrogen-bond donors (Lipinski definition) is 1. The Balaban J connectivity index is 1.75. The Bertz CT molecular complexity index is 445. The summed E-state index contributed by atoms with van der Waals surface area (Å²) < 4.78 is 16.7. The lowest BCUT2D eigenvalue weighted by molar-refractivity contribution is -0.134. The first-order valence-corrected chi connectivity index (χ1v) is 7.51. The van der Waals surface area contributed by atoms with Crippen molar-refractivity contribution in [2.24, 2.45) is 0 Å². The zero-order valence-electron chi connectivity index (χ0n) is 11.6. The summed E-state index contributed by atoms with van der Waals surface area (Å²) in [5.74, 6) is 0.416. The van der Waals surface area contributed by atoms with E-state index in [1.54, 1.807) is 13.0 Å². The number of ether oxygens (including phenoxy) is 2. The molecular formula is C13H19BrN2O4. The highest BCUT2D eigenvalue weighted by Gasteiger charge is 2.22. The molecule has 1 saturated heterocycles. The molecule has 0 radical (unpaired) electrons. The summed E-state index contributed by atoms with van der Waals surface area (Å²) in [6.45, 7) is 4.80. The minimum atomic E-state index is -0.520. The fourth-order valence-electron chi connectivity index (χ4n) is 1.98. The Hall–Kier alpha value is -0.920. The van der Waals surface area contributed by atoms with Crippen molar-refractivity contribution in [3.63, 3.8) is 0 Å². The molecule has 0 bridgehead atoms. The highest BCUT2D eigenvalue weighted by atomic mass is 79.9. The number of rotatable bonds is 6. The quantitative estimate of drug-likeness (QED) is 0.854. The Labute approximate surface area is 126 Å². The van der Waals surface area contributed by atoms with Crippen molar-refractivity contribution < 1.29 is 18.8 Å². The van der Waals surface area contributed by atoms with Crippen LogP contribution in [0, 0.1) is 0 Å². The largest absolute Gasteiger partial charge is 0.376 e. The van der Waals surface area contributed by atoms with Crippen LogP contribution in [0.5, 0.6) is 0 Å². The fraction of sp³-hybridized carbons (Fsp3) is 0.692. The number of aromatic nitrogens is 1. The molecule has 1 aliphatic heterocycles. The summed E-state index contributed by atoms with van der Waals surface area (Å²) in [6.07, 6.45) is 1.66. The minimum Gasteiger partial charge on any atom is -0.376 e. The smallest absolute Gasteiger partial charge is 0.249 e. The van der Waals surface area contributed by atoms with Gasteiger partial charge in [-0.15, -0.1) is 0 Å². The first-order chi connectivity index (χ1) is 9.56. The third kappa shape index (κ3) is 4.29. The predicted molar refractivity (Wildman–Crippen MR) is 75.1 cm³/mol. The Morgan fingerprint density at radius 2 is 2.45 bits per heavy atom. The van der Waals surface area contributed by atoms with Gasteiger partial charge in [0, 0.05) is 12.7 Å². The molecule has 0 saturated carbocycles. The van der Waals surface area contributed by atoms with E-state index in [9.17, 15) is 4.79 Å². The first-order valence-electron chi connectivity index (χ1n) is 6.72. The van der Waals surface area contributed by atoms with Gasteiger partial charge in [0.05, 0.1) is 18.8 Å². The number of amides is 1. The number of carbonyl (C=O) groups excluding carboxylic acids is 1. The van der Waals surface area contributed by atoms with Crippen LogP contribution >= 0.6 is 15.9 Å². The van der Waals surface area contributed by atoms with Crippen LogP contribution in [0.4, 0.5) is 0 Å². The van der Waals surface area contributed by atoms with Gasteiger partial charge in [-0.2, -0.15) is 0 Å². The van der Waals surface area contributed by atoms with Crippen molar-refractivity contribution in [2.45, 2.75) is 44.9 Å². The molecule has 2 heterocycles. The van der Waals surface area contributed by atoms with Crippen LogP contribution in [0.25, 0.3) is 0 Å². The van der Waals surface area contributed by atoms with Crippen LogP contribution in [-0.2, 0) is 14.3 Å². The first kappa shape index (κ1) is 15.5.